The van der Waals surface area contributed by atoms with Crippen molar-refractivity contribution in [3.05, 3.63) is 69.9 Å². The van der Waals surface area contributed by atoms with Crippen LogP contribution in [-0.4, -0.2) is 45.7 Å². The molecule has 1 aliphatic heterocycles. The summed E-state index contributed by atoms with van der Waals surface area (Å²) >= 11 is 1.12. The highest BCUT2D eigenvalue weighted by Gasteiger charge is 2.28. The van der Waals surface area contributed by atoms with Gasteiger partial charge in [-0.15, -0.1) is 11.3 Å². The van der Waals surface area contributed by atoms with E-state index in [1.54, 1.807) is 11.0 Å². The summed E-state index contributed by atoms with van der Waals surface area (Å²) in [6, 6.07) is 13.5. The number of amides is 1. The molecule has 1 amide bonds. The van der Waals surface area contributed by atoms with E-state index in [-0.39, 0.29) is 29.3 Å². The molecule has 2 N–H and O–H groups in total. The molecule has 1 fully saturated rings. The predicted molar refractivity (Wildman–Crippen MR) is 127 cm³/mol. The van der Waals surface area contributed by atoms with Crippen molar-refractivity contribution in [3.8, 4) is 11.8 Å². The first kappa shape index (κ1) is 23.8. The quantitative estimate of drug-likeness (QED) is 0.439. The number of aliphatic hydroxyl groups is 1. The molecular formula is C26H29NO4S. The molecule has 3 rings (SSSR count). The van der Waals surface area contributed by atoms with Gasteiger partial charge in [0.2, 0.25) is 5.91 Å². The molecule has 1 aromatic heterocycles. The topological polar surface area (TPSA) is 77.8 Å². The van der Waals surface area contributed by atoms with Crippen LogP contribution in [0.3, 0.4) is 0 Å². The second-order valence-corrected chi connectivity index (χ2v) is 9.21. The summed E-state index contributed by atoms with van der Waals surface area (Å²) in [5.41, 5.74) is 1.31. The number of aliphatic hydroxyl groups excluding tert-OH is 1. The first-order valence-electron chi connectivity index (χ1n) is 11.0. The van der Waals surface area contributed by atoms with Gasteiger partial charge < -0.3 is 15.1 Å². The molecule has 1 saturated heterocycles. The maximum atomic E-state index is 12.3. The minimum atomic E-state index is -0.962. The number of likely N-dealkylation sites (tertiary alicyclic amines) is 1. The Labute approximate surface area is 193 Å². The summed E-state index contributed by atoms with van der Waals surface area (Å²) in [6.45, 7) is 2.34. The van der Waals surface area contributed by atoms with Gasteiger partial charge in [0.05, 0.1) is 23.6 Å². The number of hydrogen-bond donors (Lipinski definition) is 2. The summed E-state index contributed by atoms with van der Waals surface area (Å²) in [5.74, 6) is 5.16. The molecule has 168 valence electrons. The van der Waals surface area contributed by atoms with E-state index in [4.69, 9.17) is 5.11 Å². The third kappa shape index (κ3) is 6.81. The Hall–Kier alpha value is -2.88. The van der Waals surface area contributed by atoms with Crippen LogP contribution in [0.25, 0.3) is 0 Å². The van der Waals surface area contributed by atoms with Gasteiger partial charge in [0.15, 0.2) is 0 Å². The molecule has 2 heterocycles. The lowest BCUT2D eigenvalue weighted by Crippen LogP contribution is -2.32. The summed E-state index contributed by atoms with van der Waals surface area (Å²) in [7, 11) is 0. The van der Waals surface area contributed by atoms with Crippen LogP contribution in [0.2, 0.25) is 0 Å². The van der Waals surface area contributed by atoms with Crippen LogP contribution in [0.1, 0.15) is 52.7 Å². The zero-order valence-corrected chi connectivity index (χ0v) is 19.1. The second-order valence-electron chi connectivity index (χ2n) is 8.13. The van der Waals surface area contributed by atoms with Gasteiger partial charge in [-0.3, -0.25) is 4.79 Å². The molecule has 0 aliphatic carbocycles. The number of carbonyl (C=O) groups excluding carboxylic acids is 1. The fourth-order valence-corrected chi connectivity index (χ4v) is 4.49. The van der Waals surface area contributed by atoms with Crippen LogP contribution in [0.5, 0.6) is 0 Å². The summed E-state index contributed by atoms with van der Waals surface area (Å²) in [5, 5.41) is 19.5. The van der Waals surface area contributed by atoms with Crippen LogP contribution in [-0.2, 0) is 11.2 Å². The summed E-state index contributed by atoms with van der Waals surface area (Å²) in [6.07, 6.45) is 7.34. The average molecular weight is 452 g/mol. The molecule has 0 spiro atoms. The van der Waals surface area contributed by atoms with Gasteiger partial charge in [-0.2, -0.15) is 0 Å². The molecule has 3 unspecified atom stereocenters. The third-order valence-electron chi connectivity index (χ3n) is 5.73. The molecular weight excluding hydrogens is 422 g/mol. The second kappa shape index (κ2) is 11.7. The van der Waals surface area contributed by atoms with E-state index in [1.165, 1.54) is 11.6 Å². The van der Waals surface area contributed by atoms with Gasteiger partial charge in [-0.25, -0.2) is 4.79 Å². The van der Waals surface area contributed by atoms with E-state index < -0.39 is 12.1 Å². The Morgan fingerprint density at radius 2 is 2.06 bits per heavy atom. The number of benzene rings is 1. The van der Waals surface area contributed by atoms with Crippen molar-refractivity contribution >= 4 is 23.2 Å². The van der Waals surface area contributed by atoms with Crippen LogP contribution >= 0.6 is 11.3 Å². The summed E-state index contributed by atoms with van der Waals surface area (Å²) in [4.78, 5) is 25.9. The fourth-order valence-electron chi connectivity index (χ4n) is 3.77. The van der Waals surface area contributed by atoms with Crippen molar-refractivity contribution in [1.82, 2.24) is 4.90 Å². The number of carboxylic acid groups (broad SMARTS) is 1. The number of rotatable bonds is 9. The maximum Gasteiger partial charge on any atom is 0.345 e. The number of nitrogens with zero attached hydrogens (tertiary/aromatic N) is 1. The molecule has 0 bridgehead atoms. The van der Waals surface area contributed by atoms with Crippen molar-refractivity contribution in [2.45, 2.75) is 51.2 Å². The number of carboxylic acids is 1. The van der Waals surface area contributed by atoms with Crippen molar-refractivity contribution in [3.63, 3.8) is 0 Å². The maximum absolute atomic E-state index is 12.3. The monoisotopic (exact) mass is 451 g/mol. The molecule has 0 radical (unpaired) electrons. The standard InChI is InChI=1S/C26H29NO4S/c1-19(7-5-10-20-8-3-2-4-9-20)23(28)15-12-21-13-17-25(29)27(21)18-6-11-22-14-16-24(32-22)26(30)31/h2-4,8-9,12,14-16,19,21,23,28H,5,7,10,13,17-18H2,1H3,(H,30,31). The number of carbonyl (C=O) groups is 2. The van der Waals surface area contributed by atoms with Crippen LogP contribution in [0, 0.1) is 17.8 Å². The lowest BCUT2D eigenvalue weighted by molar-refractivity contribution is -0.127. The lowest BCUT2D eigenvalue weighted by Gasteiger charge is -2.21. The molecule has 1 aliphatic rings. The SMILES string of the molecule is CC(CCCc1ccccc1)C(O)C=CC1CCC(=O)N1CC#Cc1ccc(C(=O)O)s1. The third-order valence-corrected chi connectivity index (χ3v) is 6.72. The van der Waals surface area contributed by atoms with Gasteiger partial charge in [-0.1, -0.05) is 61.2 Å². The van der Waals surface area contributed by atoms with Crippen LogP contribution < -0.4 is 0 Å². The van der Waals surface area contributed by atoms with Crippen LogP contribution in [0.15, 0.2) is 54.6 Å². The highest BCUT2D eigenvalue weighted by atomic mass is 32.1. The minimum Gasteiger partial charge on any atom is -0.477 e. The van der Waals surface area contributed by atoms with Gasteiger partial charge in [-0.05, 0) is 49.3 Å². The van der Waals surface area contributed by atoms with E-state index in [2.05, 4.69) is 30.9 Å². The van der Waals surface area contributed by atoms with Gasteiger partial charge in [0.25, 0.3) is 0 Å². The van der Waals surface area contributed by atoms with Crippen molar-refractivity contribution in [1.29, 1.82) is 0 Å². The van der Waals surface area contributed by atoms with Crippen molar-refractivity contribution in [2.75, 3.05) is 6.54 Å². The Bertz CT molecular complexity index is 1000. The van der Waals surface area contributed by atoms with Crippen LogP contribution in [0.4, 0.5) is 0 Å². The number of aryl methyl sites for hydroxylation is 1. The average Bonchev–Trinajstić information content (AvgIpc) is 3.40. The molecule has 5 nitrogen and oxygen atoms in total. The predicted octanol–water partition coefficient (Wildman–Crippen LogP) is 4.36. The van der Waals surface area contributed by atoms with E-state index in [1.807, 2.05) is 30.4 Å². The smallest absolute Gasteiger partial charge is 0.345 e. The Balaban J connectivity index is 1.49. The first-order valence-corrected chi connectivity index (χ1v) is 11.8. The number of hydrogen-bond acceptors (Lipinski definition) is 4. The Morgan fingerprint density at radius 3 is 2.78 bits per heavy atom. The Kier molecular flexibility index (Phi) is 8.66. The zero-order valence-electron chi connectivity index (χ0n) is 18.2. The van der Waals surface area contributed by atoms with E-state index in [0.29, 0.717) is 17.7 Å². The minimum absolute atomic E-state index is 0.0525. The van der Waals surface area contributed by atoms with E-state index in [9.17, 15) is 14.7 Å². The number of thiophene rings is 1. The molecule has 1 aromatic carbocycles. The first-order chi connectivity index (χ1) is 15.4. The normalized spacial score (nSPS) is 17.9. The Morgan fingerprint density at radius 1 is 1.28 bits per heavy atom. The fraction of sp³-hybridized carbons (Fsp3) is 0.385. The zero-order chi connectivity index (χ0) is 22.9. The van der Waals surface area contributed by atoms with Gasteiger partial charge in [0.1, 0.15) is 4.88 Å². The van der Waals surface area contributed by atoms with Crippen molar-refractivity contribution < 1.29 is 19.8 Å². The molecule has 0 saturated carbocycles. The van der Waals surface area contributed by atoms with Crippen molar-refractivity contribution in [2.24, 2.45) is 5.92 Å². The van der Waals surface area contributed by atoms with E-state index >= 15 is 0 Å². The highest BCUT2D eigenvalue weighted by molar-refractivity contribution is 7.14. The van der Waals surface area contributed by atoms with Gasteiger partial charge in [0, 0.05) is 6.42 Å². The number of aromatic carboxylic acids is 1. The summed E-state index contributed by atoms with van der Waals surface area (Å²) < 4.78 is 0. The molecule has 2 aromatic rings. The highest BCUT2D eigenvalue weighted by Crippen LogP contribution is 2.21. The molecule has 3 atom stereocenters. The lowest BCUT2D eigenvalue weighted by atomic mass is 9.95. The molecule has 32 heavy (non-hydrogen) atoms. The van der Waals surface area contributed by atoms with Gasteiger partial charge >= 0.3 is 5.97 Å². The largest absolute Gasteiger partial charge is 0.477 e. The van der Waals surface area contributed by atoms with E-state index in [0.717, 1.165) is 30.6 Å². The molecule has 6 heteroatoms.